The van der Waals surface area contributed by atoms with Gasteiger partial charge in [0.15, 0.2) is 29.1 Å². The van der Waals surface area contributed by atoms with Gasteiger partial charge in [0.1, 0.15) is 12.2 Å². The number of imidazole rings is 1. The highest BCUT2D eigenvalue weighted by Crippen LogP contribution is 2.55. The largest absolute Gasteiger partial charge is 0.386 e. The van der Waals surface area contributed by atoms with Crippen molar-refractivity contribution in [2.75, 3.05) is 24.5 Å². The van der Waals surface area contributed by atoms with Crippen LogP contribution < -0.4 is 4.90 Å². The molecule has 6 N–H and O–H groups in total. The first-order valence-corrected chi connectivity index (χ1v) is 13.8. The van der Waals surface area contributed by atoms with E-state index in [0.29, 0.717) is 5.82 Å². The molecule has 0 aromatic carbocycles. The van der Waals surface area contributed by atoms with Crippen LogP contribution in [0.5, 0.6) is 0 Å². The van der Waals surface area contributed by atoms with Crippen LogP contribution in [-0.4, -0.2) is 87.3 Å². The molecule has 2 aromatic heterocycles. The fourth-order valence-corrected chi connectivity index (χ4v) is 5.60. The lowest BCUT2D eigenvalue weighted by Gasteiger charge is -2.26. The molecule has 0 amide bonds. The lowest BCUT2D eigenvalue weighted by Crippen LogP contribution is -2.37. The molecule has 0 saturated carbocycles. The molecular weight excluding hydrogens is 516 g/mol. The lowest BCUT2D eigenvalue weighted by atomic mass is 10.0. The van der Waals surface area contributed by atoms with Crippen molar-refractivity contribution in [1.82, 2.24) is 19.5 Å². The number of nitrogens with zero attached hydrogens (tertiary/aromatic N) is 5. The van der Waals surface area contributed by atoms with Crippen LogP contribution in [0.25, 0.3) is 11.2 Å². The Morgan fingerprint density at radius 1 is 1.24 bits per heavy atom. The van der Waals surface area contributed by atoms with Crippen LogP contribution in [0.1, 0.15) is 27.0 Å². The second-order valence-electron chi connectivity index (χ2n) is 7.77. The van der Waals surface area contributed by atoms with Gasteiger partial charge < -0.3 is 39.4 Å². The fourth-order valence-electron chi connectivity index (χ4n) is 2.90. The van der Waals surface area contributed by atoms with Gasteiger partial charge in [-0.05, 0) is 37.9 Å². The minimum absolute atomic E-state index is 0.0296. The first-order valence-electron chi connectivity index (χ1n) is 9.91. The summed E-state index contributed by atoms with van der Waals surface area (Å²) in [6.45, 7) is 4.52. The van der Waals surface area contributed by atoms with Crippen molar-refractivity contribution in [3.63, 3.8) is 0 Å². The van der Waals surface area contributed by atoms with Gasteiger partial charge in [-0.2, -0.15) is 9.97 Å². The molecule has 17 heteroatoms. The van der Waals surface area contributed by atoms with Crippen molar-refractivity contribution in [1.29, 1.82) is 0 Å². The Balaban J connectivity index is 2.27. The monoisotopic (exact) mass is 543 g/mol. The van der Waals surface area contributed by atoms with E-state index >= 15 is 0 Å². The van der Waals surface area contributed by atoms with Gasteiger partial charge in [-0.25, -0.2) is 4.98 Å². The summed E-state index contributed by atoms with van der Waals surface area (Å²) in [7, 11) is -7.77. The van der Waals surface area contributed by atoms with Crippen molar-refractivity contribution in [2.45, 2.75) is 45.2 Å². The van der Waals surface area contributed by atoms with Crippen molar-refractivity contribution < 1.29 is 43.7 Å². The third kappa shape index (κ3) is 7.05. The average molecular weight is 544 g/mol. The topological polar surface area (TPSA) is 212 Å². The standard InChI is InChI=1S/C17H28ClN5O9P2/c1-5-10(6-32-34(30,31)8-33(27,28)29)12(24)13(25)16(26)23-7-19-11-14(22(4)9(2)3)20-17(18)21-15(11)23/h5,7,9,12-13,16,24-26H,6,8H2,1-4H3,(H,30,31)(H2,27,28,29)/b10-5-/t12-,13-,16-/m1/s1. The van der Waals surface area contributed by atoms with E-state index in [2.05, 4.69) is 19.5 Å². The molecule has 4 atom stereocenters. The van der Waals surface area contributed by atoms with Crippen LogP contribution >= 0.6 is 26.8 Å². The molecule has 0 spiro atoms. The van der Waals surface area contributed by atoms with Gasteiger partial charge in [-0.15, -0.1) is 0 Å². The maximum absolute atomic E-state index is 11.9. The Morgan fingerprint density at radius 3 is 2.38 bits per heavy atom. The molecule has 0 aliphatic carbocycles. The third-order valence-corrected chi connectivity index (χ3v) is 8.55. The first kappa shape index (κ1) is 28.8. The molecule has 0 radical (unpaired) electrons. The average Bonchev–Trinajstić information content (AvgIpc) is 3.13. The second kappa shape index (κ2) is 11.1. The summed E-state index contributed by atoms with van der Waals surface area (Å²) in [5, 5.41) is 31.7. The number of anilines is 1. The number of halogens is 1. The maximum Gasteiger partial charge on any atom is 0.340 e. The molecule has 2 heterocycles. The number of rotatable bonds is 11. The van der Waals surface area contributed by atoms with Crippen molar-refractivity contribution in [2.24, 2.45) is 0 Å². The molecule has 1 unspecified atom stereocenters. The zero-order valence-electron chi connectivity index (χ0n) is 18.8. The molecule has 2 aromatic rings. The lowest BCUT2D eigenvalue weighted by molar-refractivity contribution is -0.0795. The van der Waals surface area contributed by atoms with Crippen molar-refractivity contribution >= 4 is 43.8 Å². The van der Waals surface area contributed by atoms with Gasteiger partial charge in [0.25, 0.3) is 0 Å². The molecule has 0 saturated heterocycles. The van der Waals surface area contributed by atoms with Crippen LogP contribution in [0.3, 0.4) is 0 Å². The Labute approximate surface area is 200 Å². The van der Waals surface area contributed by atoms with Crippen LogP contribution in [-0.2, 0) is 13.7 Å². The molecule has 2 rings (SSSR count). The number of aliphatic hydroxyl groups excluding tert-OH is 3. The third-order valence-electron chi connectivity index (χ3n) is 4.94. The van der Waals surface area contributed by atoms with E-state index in [0.717, 1.165) is 4.57 Å². The summed E-state index contributed by atoms with van der Waals surface area (Å²) in [5.74, 6) is -1.02. The highest BCUT2D eigenvalue weighted by atomic mass is 35.5. The zero-order chi connectivity index (χ0) is 26.0. The Morgan fingerprint density at radius 2 is 1.85 bits per heavy atom. The predicted molar refractivity (Wildman–Crippen MR) is 124 cm³/mol. The number of aromatic nitrogens is 4. The minimum atomic E-state index is -4.84. The highest BCUT2D eigenvalue weighted by molar-refractivity contribution is 7.70. The summed E-state index contributed by atoms with van der Waals surface area (Å²) < 4.78 is 28.6. The zero-order valence-corrected chi connectivity index (χ0v) is 21.3. The molecule has 192 valence electrons. The molecule has 0 aliphatic heterocycles. The van der Waals surface area contributed by atoms with Gasteiger partial charge in [-0.3, -0.25) is 13.7 Å². The van der Waals surface area contributed by atoms with Gasteiger partial charge in [-0.1, -0.05) is 6.08 Å². The van der Waals surface area contributed by atoms with E-state index in [-0.39, 0.29) is 28.1 Å². The van der Waals surface area contributed by atoms with Crippen LogP contribution in [0.15, 0.2) is 18.0 Å². The normalized spacial score (nSPS) is 17.6. The SMILES string of the molecule is C/C=C(/COP(=O)(O)CP(=O)(O)O)[C@@H](O)[C@@H](O)[C@@H](O)n1cnc2c(N(C)C(C)C)nc(Cl)nc21. The van der Waals surface area contributed by atoms with Crippen molar-refractivity contribution in [3.05, 3.63) is 23.3 Å². The van der Waals surface area contributed by atoms with E-state index in [1.807, 2.05) is 13.8 Å². The number of allylic oxidation sites excluding steroid dienone is 1. The van der Waals surface area contributed by atoms with Gasteiger partial charge >= 0.3 is 15.2 Å². The van der Waals surface area contributed by atoms with E-state index in [4.69, 9.17) is 21.4 Å². The molecule has 0 fully saturated rings. The van der Waals surface area contributed by atoms with Gasteiger partial charge in [0, 0.05) is 13.1 Å². The quantitative estimate of drug-likeness (QED) is 0.132. The van der Waals surface area contributed by atoms with E-state index in [1.165, 1.54) is 19.3 Å². The van der Waals surface area contributed by atoms with Gasteiger partial charge in [0.2, 0.25) is 5.28 Å². The summed E-state index contributed by atoms with van der Waals surface area (Å²) in [6, 6.07) is 0.0296. The van der Waals surface area contributed by atoms with Crippen LogP contribution in [0, 0.1) is 0 Å². The van der Waals surface area contributed by atoms with E-state index in [9.17, 15) is 29.3 Å². The number of hydrogen-bond acceptors (Lipinski definition) is 10. The molecule has 14 nitrogen and oxygen atoms in total. The number of fused-ring (bicyclic) bond motifs is 1. The summed E-state index contributed by atoms with van der Waals surface area (Å²) >= 11 is 6.04. The maximum atomic E-state index is 11.9. The summed E-state index contributed by atoms with van der Waals surface area (Å²) in [5.41, 5.74) is 0.250. The highest BCUT2D eigenvalue weighted by Gasteiger charge is 2.34. The second-order valence-corrected chi connectivity index (χ2v) is 12.1. The summed E-state index contributed by atoms with van der Waals surface area (Å²) in [6.07, 6.45) is -3.01. The smallest absolute Gasteiger partial charge is 0.340 e. The fraction of sp³-hybridized carbons (Fsp3) is 0.588. The molecular formula is C17H28ClN5O9P2. The Bertz CT molecular complexity index is 1140. The van der Waals surface area contributed by atoms with E-state index in [1.54, 1.807) is 11.9 Å². The molecule has 34 heavy (non-hydrogen) atoms. The number of hydrogen-bond donors (Lipinski definition) is 6. The summed E-state index contributed by atoms with van der Waals surface area (Å²) in [4.78, 5) is 41.6. The Hall–Kier alpha value is -1.44. The first-order chi connectivity index (χ1) is 15.6. The van der Waals surface area contributed by atoms with Gasteiger partial charge in [0.05, 0.1) is 12.9 Å². The molecule has 0 bridgehead atoms. The van der Waals surface area contributed by atoms with Crippen LogP contribution in [0.2, 0.25) is 5.28 Å². The van der Waals surface area contributed by atoms with Crippen LogP contribution in [0.4, 0.5) is 5.82 Å². The van der Waals surface area contributed by atoms with Crippen molar-refractivity contribution in [3.8, 4) is 0 Å². The predicted octanol–water partition coefficient (Wildman–Crippen LogP) is 0.821. The Kier molecular flexibility index (Phi) is 9.39. The number of aliphatic hydroxyl groups is 3. The van der Waals surface area contributed by atoms with E-state index < -0.39 is 46.1 Å². The molecule has 0 aliphatic rings. The minimum Gasteiger partial charge on any atom is -0.386 e.